The van der Waals surface area contributed by atoms with Crippen LogP contribution in [0, 0.1) is 17.6 Å². The summed E-state index contributed by atoms with van der Waals surface area (Å²) in [7, 11) is 1.96. The number of pyridine rings is 2. The van der Waals surface area contributed by atoms with Crippen LogP contribution in [0.25, 0.3) is 33.5 Å². The van der Waals surface area contributed by atoms with E-state index >= 15 is 0 Å². The van der Waals surface area contributed by atoms with Crippen LogP contribution < -0.4 is 10.2 Å². The topological polar surface area (TPSA) is 69.7 Å². The summed E-state index contributed by atoms with van der Waals surface area (Å²) in [6.45, 7) is 2.95. The van der Waals surface area contributed by atoms with Crippen molar-refractivity contribution in [2.24, 2.45) is 5.92 Å². The van der Waals surface area contributed by atoms with Gasteiger partial charge in [0.25, 0.3) is 0 Å². The second-order valence-electron chi connectivity index (χ2n) is 7.65. The van der Waals surface area contributed by atoms with Gasteiger partial charge in [-0.3, -0.25) is 10.1 Å². The fraction of sp³-hybridized carbons (Fsp3) is 0.227. The lowest BCUT2D eigenvalue weighted by molar-refractivity contribution is 0.397. The molecule has 1 fully saturated rings. The molecule has 0 spiro atoms. The number of aromatic amines is 1. The number of H-pyrrole nitrogens is 1. The Balaban J connectivity index is 1.51. The zero-order chi connectivity index (χ0) is 21.5. The van der Waals surface area contributed by atoms with Crippen molar-refractivity contribution in [3.05, 3.63) is 59.4 Å². The summed E-state index contributed by atoms with van der Waals surface area (Å²) in [5.41, 5.74) is 4.13. The zero-order valence-corrected chi connectivity index (χ0v) is 17.4. The molecule has 1 aliphatic heterocycles. The molecule has 1 aliphatic rings. The minimum Gasteiger partial charge on any atom is -0.369 e. The van der Waals surface area contributed by atoms with Crippen LogP contribution >= 0.6 is 11.6 Å². The average Bonchev–Trinajstić information content (AvgIpc) is 3.22. The number of halogens is 3. The van der Waals surface area contributed by atoms with Gasteiger partial charge in [-0.1, -0.05) is 11.6 Å². The molecule has 1 aromatic carbocycles. The van der Waals surface area contributed by atoms with Crippen molar-refractivity contribution in [2.75, 3.05) is 31.6 Å². The van der Waals surface area contributed by atoms with Crippen molar-refractivity contribution in [3.63, 3.8) is 0 Å². The van der Waals surface area contributed by atoms with Crippen LogP contribution in [-0.4, -0.2) is 46.8 Å². The number of nitrogens with one attached hydrogen (secondary N) is 2. The first-order valence-electron chi connectivity index (χ1n) is 9.89. The van der Waals surface area contributed by atoms with Gasteiger partial charge in [0.15, 0.2) is 0 Å². The second-order valence-corrected chi connectivity index (χ2v) is 8.06. The summed E-state index contributed by atoms with van der Waals surface area (Å²) < 4.78 is 28.0. The number of hydrogen-bond acceptors (Lipinski definition) is 5. The predicted octanol–water partition coefficient (Wildman–Crippen LogP) is 4.27. The molecular formula is C22H19ClF2N6. The first-order chi connectivity index (χ1) is 15.0. The lowest BCUT2D eigenvalue weighted by Crippen LogP contribution is -2.50. The highest BCUT2D eigenvalue weighted by molar-refractivity contribution is 6.31. The minimum absolute atomic E-state index is 0.104. The van der Waals surface area contributed by atoms with Crippen LogP contribution in [0.3, 0.4) is 0 Å². The van der Waals surface area contributed by atoms with E-state index < -0.39 is 11.6 Å². The molecule has 0 bridgehead atoms. The van der Waals surface area contributed by atoms with Gasteiger partial charge in [0, 0.05) is 48.9 Å². The molecule has 9 heteroatoms. The SMILES string of the molecule is CNCC1CN(c2cnc3ccc(-c4c[nH]nc4-c4cc(Cl)c(F)cc4F)nc3c2)C1. The van der Waals surface area contributed by atoms with Gasteiger partial charge in [-0.2, -0.15) is 5.10 Å². The fourth-order valence-corrected chi connectivity index (χ4v) is 4.08. The summed E-state index contributed by atoms with van der Waals surface area (Å²) in [5.74, 6) is -0.926. The van der Waals surface area contributed by atoms with Gasteiger partial charge >= 0.3 is 0 Å². The molecule has 2 N–H and O–H groups in total. The van der Waals surface area contributed by atoms with Gasteiger partial charge in [0.2, 0.25) is 0 Å². The van der Waals surface area contributed by atoms with Gasteiger partial charge in [0.1, 0.15) is 17.3 Å². The highest BCUT2D eigenvalue weighted by Gasteiger charge is 2.26. The minimum atomic E-state index is -0.814. The van der Waals surface area contributed by atoms with Gasteiger partial charge in [0.05, 0.1) is 33.6 Å². The Kier molecular flexibility index (Phi) is 5.03. The number of fused-ring (bicyclic) bond motifs is 1. The number of hydrogen-bond donors (Lipinski definition) is 2. The number of rotatable bonds is 5. The van der Waals surface area contributed by atoms with Gasteiger partial charge in [-0.25, -0.2) is 13.8 Å². The molecular weight excluding hydrogens is 422 g/mol. The third kappa shape index (κ3) is 3.62. The molecule has 1 saturated heterocycles. The van der Waals surface area contributed by atoms with E-state index in [-0.39, 0.29) is 10.6 Å². The monoisotopic (exact) mass is 440 g/mol. The number of aromatic nitrogens is 4. The van der Waals surface area contributed by atoms with Gasteiger partial charge in [-0.05, 0) is 31.3 Å². The highest BCUT2D eigenvalue weighted by atomic mass is 35.5. The quantitative estimate of drug-likeness (QED) is 0.453. The van der Waals surface area contributed by atoms with Crippen LogP contribution in [0.1, 0.15) is 0 Å². The van der Waals surface area contributed by atoms with E-state index in [9.17, 15) is 8.78 Å². The standard InChI is InChI=1S/C22H19ClF2N6/c1-26-7-12-10-31(11-12)13-4-21-20(27-8-13)3-2-19(29-21)15-9-28-30-22(15)14-5-16(23)18(25)6-17(14)24/h2-6,8-9,12,26H,7,10-11H2,1H3,(H,28,30). The van der Waals surface area contributed by atoms with Crippen LogP contribution in [0.5, 0.6) is 0 Å². The molecule has 3 aromatic heterocycles. The summed E-state index contributed by atoms with van der Waals surface area (Å²) in [6, 6.07) is 7.67. The molecule has 4 aromatic rings. The Morgan fingerprint density at radius 1 is 1.13 bits per heavy atom. The van der Waals surface area contributed by atoms with E-state index in [0.29, 0.717) is 22.9 Å². The van der Waals surface area contributed by atoms with Crippen LogP contribution in [0.15, 0.2) is 42.7 Å². The van der Waals surface area contributed by atoms with E-state index in [1.54, 1.807) is 12.3 Å². The molecule has 0 radical (unpaired) electrons. The third-order valence-corrected chi connectivity index (χ3v) is 5.81. The predicted molar refractivity (Wildman–Crippen MR) is 117 cm³/mol. The van der Waals surface area contributed by atoms with E-state index in [4.69, 9.17) is 16.6 Å². The van der Waals surface area contributed by atoms with Crippen LogP contribution in [0.4, 0.5) is 14.5 Å². The lowest BCUT2D eigenvalue weighted by atomic mass is 9.99. The summed E-state index contributed by atoms with van der Waals surface area (Å²) in [6.07, 6.45) is 3.49. The van der Waals surface area contributed by atoms with Crippen LogP contribution in [-0.2, 0) is 0 Å². The third-order valence-electron chi connectivity index (χ3n) is 5.52. The van der Waals surface area contributed by atoms with Crippen molar-refractivity contribution in [3.8, 4) is 22.5 Å². The van der Waals surface area contributed by atoms with Crippen molar-refractivity contribution in [1.29, 1.82) is 0 Å². The molecule has 0 atom stereocenters. The van der Waals surface area contributed by atoms with E-state index in [0.717, 1.165) is 42.4 Å². The maximum absolute atomic E-state index is 14.4. The Hall–Kier alpha value is -3.10. The molecule has 158 valence electrons. The smallest absolute Gasteiger partial charge is 0.144 e. The van der Waals surface area contributed by atoms with E-state index in [1.165, 1.54) is 6.07 Å². The Morgan fingerprint density at radius 2 is 1.97 bits per heavy atom. The zero-order valence-electron chi connectivity index (χ0n) is 16.7. The van der Waals surface area contributed by atoms with Crippen molar-refractivity contribution in [2.45, 2.75) is 0 Å². The van der Waals surface area contributed by atoms with Crippen LogP contribution in [0.2, 0.25) is 5.02 Å². The maximum atomic E-state index is 14.4. The molecule has 0 aliphatic carbocycles. The molecule has 5 rings (SSSR count). The number of anilines is 1. The Bertz CT molecular complexity index is 1270. The largest absolute Gasteiger partial charge is 0.369 e. The molecule has 31 heavy (non-hydrogen) atoms. The molecule has 0 amide bonds. The highest BCUT2D eigenvalue weighted by Crippen LogP contribution is 2.34. The molecule has 0 unspecified atom stereocenters. The molecule has 6 nitrogen and oxygen atoms in total. The summed E-state index contributed by atoms with van der Waals surface area (Å²) in [4.78, 5) is 11.5. The average molecular weight is 441 g/mol. The van der Waals surface area contributed by atoms with Gasteiger partial charge < -0.3 is 10.2 Å². The first-order valence-corrected chi connectivity index (χ1v) is 10.3. The molecule has 4 heterocycles. The first kappa shape index (κ1) is 19.8. The Morgan fingerprint density at radius 3 is 2.77 bits per heavy atom. The summed E-state index contributed by atoms with van der Waals surface area (Å²) >= 11 is 5.86. The van der Waals surface area contributed by atoms with Crippen molar-refractivity contribution >= 4 is 28.3 Å². The number of benzene rings is 1. The molecule has 0 saturated carbocycles. The van der Waals surface area contributed by atoms with Crippen molar-refractivity contribution < 1.29 is 8.78 Å². The van der Waals surface area contributed by atoms with E-state index in [1.807, 2.05) is 25.4 Å². The number of nitrogens with zero attached hydrogens (tertiary/aromatic N) is 4. The summed E-state index contributed by atoms with van der Waals surface area (Å²) in [5, 5.41) is 9.93. The second kappa shape index (κ2) is 7.86. The van der Waals surface area contributed by atoms with Crippen molar-refractivity contribution in [1.82, 2.24) is 25.5 Å². The lowest BCUT2D eigenvalue weighted by Gasteiger charge is -2.40. The van der Waals surface area contributed by atoms with Gasteiger partial charge in [-0.15, -0.1) is 0 Å². The normalized spacial score (nSPS) is 14.3. The van der Waals surface area contributed by atoms with E-state index in [2.05, 4.69) is 25.4 Å². The fourth-order valence-electron chi connectivity index (χ4n) is 3.91. The Labute approximate surface area is 182 Å². The maximum Gasteiger partial charge on any atom is 0.144 e.